The number of halogens is 1. The predicted molar refractivity (Wildman–Crippen MR) is 67.0 cm³/mol. The van der Waals surface area contributed by atoms with E-state index in [9.17, 15) is 4.79 Å². The van der Waals surface area contributed by atoms with Gasteiger partial charge in [0.05, 0.1) is 10.6 Å². The van der Waals surface area contributed by atoms with Crippen LogP contribution in [0.5, 0.6) is 0 Å². The Hall–Kier alpha value is -1.13. The zero-order valence-corrected chi connectivity index (χ0v) is 10.5. The van der Waals surface area contributed by atoms with E-state index in [1.54, 1.807) is 12.3 Å². The number of pyridine rings is 1. The first-order chi connectivity index (χ1) is 8.09. The lowest BCUT2D eigenvalue weighted by Crippen LogP contribution is -2.48. The van der Waals surface area contributed by atoms with Gasteiger partial charge in [-0.25, -0.2) is 0 Å². The fourth-order valence-electron chi connectivity index (χ4n) is 2.21. The van der Waals surface area contributed by atoms with Crippen LogP contribution in [-0.4, -0.2) is 34.4 Å². The summed E-state index contributed by atoms with van der Waals surface area (Å²) in [5.41, 5.74) is 6.40. The molecule has 4 nitrogen and oxygen atoms in total. The van der Waals surface area contributed by atoms with Gasteiger partial charge < -0.3 is 10.6 Å². The molecule has 1 aromatic heterocycles. The van der Waals surface area contributed by atoms with E-state index >= 15 is 0 Å². The quantitative estimate of drug-likeness (QED) is 0.829. The third-order valence-electron chi connectivity index (χ3n) is 3.18. The van der Waals surface area contributed by atoms with E-state index in [0.29, 0.717) is 17.1 Å². The van der Waals surface area contributed by atoms with Crippen molar-refractivity contribution in [3.63, 3.8) is 0 Å². The zero-order valence-electron chi connectivity index (χ0n) is 9.77. The highest BCUT2D eigenvalue weighted by molar-refractivity contribution is 6.33. The van der Waals surface area contributed by atoms with Gasteiger partial charge in [0.25, 0.3) is 5.91 Å². The van der Waals surface area contributed by atoms with E-state index in [2.05, 4.69) is 4.98 Å². The van der Waals surface area contributed by atoms with Crippen LogP contribution in [0.25, 0.3) is 0 Å². The number of hydrogen-bond acceptors (Lipinski definition) is 3. The molecule has 1 amide bonds. The first-order valence-corrected chi connectivity index (χ1v) is 6.13. The number of carbonyl (C=O) groups excluding carboxylic acids is 1. The molecule has 5 heteroatoms. The predicted octanol–water partition coefficient (Wildman–Crippen LogP) is 1.69. The van der Waals surface area contributed by atoms with E-state index < -0.39 is 0 Å². The van der Waals surface area contributed by atoms with Crippen molar-refractivity contribution in [1.29, 1.82) is 0 Å². The molecule has 2 unspecified atom stereocenters. The Morgan fingerprint density at radius 3 is 3.06 bits per heavy atom. The van der Waals surface area contributed by atoms with Gasteiger partial charge in [-0.05, 0) is 25.8 Å². The highest BCUT2D eigenvalue weighted by Crippen LogP contribution is 2.22. The summed E-state index contributed by atoms with van der Waals surface area (Å²) in [7, 11) is 0. The number of likely N-dealkylation sites (tertiary alicyclic amines) is 1. The van der Waals surface area contributed by atoms with Gasteiger partial charge in [-0.3, -0.25) is 9.78 Å². The molecular weight excluding hydrogens is 238 g/mol. The molecule has 2 atom stereocenters. The Balaban J connectivity index is 2.18. The molecule has 0 radical (unpaired) electrons. The van der Waals surface area contributed by atoms with Crippen LogP contribution in [0.3, 0.4) is 0 Å². The van der Waals surface area contributed by atoms with Gasteiger partial charge in [0.15, 0.2) is 0 Å². The molecule has 0 spiro atoms. The van der Waals surface area contributed by atoms with Crippen LogP contribution in [0, 0.1) is 0 Å². The third-order valence-corrected chi connectivity index (χ3v) is 3.48. The number of aromatic nitrogens is 1. The number of nitrogens with two attached hydrogens (primary N) is 1. The van der Waals surface area contributed by atoms with Crippen LogP contribution in [-0.2, 0) is 0 Å². The molecule has 92 valence electrons. The van der Waals surface area contributed by atoms with Crippen molar-refractivity contribution in [3.05, 3.63) is 29.0 Å². The maximum absolute atomic E-state index is 12.3. The Morgan fingerprint density at radius 1 is 1.65 bits per heavy atom. The smallest absolute Gasteiger partial charge is 0.255 e. The van der Waals surface area contributed by atoms with Crippen molar-refractivity contribution in [3.8, 4) is 0 Å². The second-order valence-electron chi connectivity index (χ2n) is 4.49. The monoisotopic (exact) mass is 253 g/mol. The molecule has 2 rings (SSSR count). The molecule has 1 saturated heterocycles. The van der Waals surface area contributed by atoms with E-state index in [0.717, 1.165) is 12.8 Å². The van der Waals surface area contributed by atoms with E-state index in [4.69, 9.17) is 17.3 Å². The lowest BCUT2D eigenvalue weighted by atomic mass is 9.98. The number of rotatable bonds is 1. The standard InChI is InChI=1S/C12H16ClN3O/c1-8-6-9(14)3-5-16(8)12(17)10-2-4-15-7-11(10)13/h2,4,7-9H,3,5-6,14H2,1H3. The lowest BCUT2D eigenvalue weighted by Gasteiger charge is -2.36. The maximum atomic E-state index is 12.3. The molecule has 2 heterocycles. The van der Waals surface area contributed by atoms with Gasteiger partial charge in [0.1, 0.15) is 0 Å². The van der Waals surface area contributed by atoms with E-state index in [-0.39, 0.29) is 18.0 Å². The van der Waals surface area contributed by atoms with Crippen LogP contribution in [0.1, 0.15) is 30.1 Å². The highest BCUT2D eigenvalue weighted by Gasteiger charge is 2.28. The minimum Gasteiger partial charge on any atom is -0.336 e. The summed E-state index contributed by atoms with van der Waals surface area (Å²) in [5.74, 6) is -0.0307. The van der Waals surface area contributed by atoms with Gasteiger partial charge in [0.2, 0.25) is 0 Å². The minimum atomic E-state index is -0.0307. The van der Waals surface area contributed by atoms with Gasteiger partial charge in [0, 0.05) is 31.0 Å². The molecule has 0 bridgehead atoms. The minimum absolute atomic E-state index is 0.0307. The molecular formula is C12H16ClN3O. The molecule has 1 aliphatic heterocycles. The molecule has 0 aliphatic carbocycles. The number of hydrogen-bond donors (Lipinski definition) is 1. The van der Waals surface area contributed by atoms with Crippen LogP contribution in [0.4, 0.5) is 0 Å². The molecule has 2 N–H and O–H groups in total. The summed E-state index contributed by atoms with van der Waals surface area (Å²) in [4.78, 5) is 18.0. The average molecular weight is 254 g/mol. The molecule has 1 aromatic rings. The van der Waals surface area contributed by atoms with Crippen LogP contribution >= 0.6 is 11.6 Å². The molecule has 1 fully saturated rings. The van der Waals surface area contributed by atoms with Gasteiger partial charge in [-0.15, -0.1) is 0 Å². The topological polar surface area (TPSA) is 59.2 Å². The zero-order chi connectivity index (χ0) is 12.4. The highest BCUT2D eigenvalue weighted by atomic mass is 35.5. The largest absolute Gasteiger partial charge is 0.336 e. The summed E-state index contributed by atoms with van der Waals surface area (Å²) in [5, 5.41) is 0.402. The number of amides is 1. The van der Waals surface area contributed by atoms with Crippen LogP contribution < -0.4 is 5.73 Å². The van der Waals surface area contributed by atoms with Crippen molar-refractivity contribution >= 4 is 17.5 Å². The summed E-state index contributed by atoms with van der Waals surface area (Å²) in [6, 6.07) is 2.02. The fraction of sp³-hybridized carbons (Fsp3) is 0.500. The summed E-state index contributed by atoms with van der Waals surface area (Å²) in [6.07, 6.45) is 4.77. The summed E-state index contributed by atoms with van der Waals surface area (Å²) in [6.45, 7) is 2.71. The number of nitrogens with zero attached hydrogens (tertiary/aromatic N) is 2. The molecule has 1 aliphatic rings. The van der Waals surface area contributed by atoms with Gasteiger partial charge >= 0.3 is 0 Å². The Kier molecular flexibility index (Phi) is 3.64. The van der Waals surface area contributed by atoms with Crippen LogP contribution in [0.15, 0.2) is 18.5 Å². The first-order valence-electron chi connectivity index (χ1n) is 5.75. The Morgan fingerprint density at radius 2 is 2.41 bits per heavy atom. The first kappa shape index (κ1) is 12.3. The van der Waals surface area contributed by atoms with Crippen molar-refractivity contribution in [2.75, 3.05) is 6.54 Å². The maximum Gasteiger partial charge on any atom is 0.255 e. The van der Waals surface area contributed by atoms with Crippen molar-refractivity contribution in [1.82, 2.24) is 9.88 Å². The van der Waals surface area contributed by atoms with Crippen LogP contribution in [0.2, 0.25) is 5.02 Å². The van der Waals surface area contributed by atoms with Gasteiger partial charge in [-0.2, -0.15) is 0 Å². The average Bonchev–Trinajstić information content (AvgIpc) is 2.29. The van der Waals surface area contributed by atoms with Gasteiger partial charge in [-0.1, -0.05) is 11.6 Å². The van der Waals surface area contributed by atoms with Crippen molar-refractivity contribution in [2.45, 2.75) is 31.8 Å². The van der Waals surface area contributed by atoms with E-state index in [1.807, 2.05) is 11.8 Å². The Bertz CT molecular complexity index is 424. The third kappa shape index (κ3) is 2.58. The second-order valence-corrected chi connectivity index (χ2v) is 4.89. The van der Waals surface area contributed by atoms with E-state index in [1.165, 1.54) is 6.20 Å². The normalized spacial score (nSPS) is 24.8. The summed E-state index contributed by atoms with van der Waals surface area (Å²) < 4.78 is 0. The summed E-state index contributed by atoms with van der Waals surface area (Å²) >= 11 is 5.98. The molecule has 0 saturated carbocycles. The Labute approximate surface area is 106 Å². The number of carbonyl (C=O) groups is 1. The molecule has 0 aromatic carbocycles. The lowest BCUT2D eigenvalue weighted by molar-refractivity contribution is 0.0619. The number of piperidine rings is 1. The SMILES string of the molecule is CC1CC(N)CCN1C(=O)c1ccncc1Cl. The van der Waals surface area contributed by atoms with Crippen molar-refractivity contribution in [2.24, 2.45) is 5.73 Å². The molecule has 17 heavy (non-hydrogen) atoms. The van der Waals surface area contributed by atoms with Crippen molar-refractivity contribution < 1.29 is 4.79 Å². The second kappa shape index (κ2) is 5.02. The fourth-order valence-corrected chi connectivity index (χ4v) is 2.41.